The van der Waals surface area contributed by atoms with Crippen LogP contribution < -0.4 is 5.32 Å². The number of carboxylic acids is 1. The Morgan fingerprint density at radius 3 is 2.55 bits per heavy atom. The number of quaternary nitrogens is 1. The number of carbonyl (C=O) groups is 1. The van der Waals surface area contributed by atoms with Gasteiger partial charge in [-0.3, -0.25) is 10.1 Å². The second kappa shape index (κ2) is 8.35. The number of carboxylic acid groups (broad SMARTS) is 1. The number of aromatic hydroxyl groups is 1. The Morgan fingerprint density at radius 2 is 1.88 bits per heavy atom. The molecule has 2 heterocycles. The maximum atomic E-state index is 14.3. The first kappa shape index (κ1) is 21.7. The SMILES string of the molecule is O=C(O)C1(C[NH2+]c2nc3cc(O)ccc3c(-c3ccc(F)c(F)c3)c2C2CCOCC2)CC1. The molecule has 0 radical (unpaired) electrons. The number of benzene rings is 2. The molecule has 2 aliphatic rings. The number of nitrogens with two attached hydrogens (primary N) is 1. The van der Waals surface area contributed by atoms with Crippen molar-refractivity contribution in [2.24, 2.45) is 5.41 Å². The summed E-state index contributed by atoms with van der Waals surface area (Å²) >= 11 is 0. The number of hydrogen-bond donors (Lipinski definition) is 3. The number of hydrogen-bond acceptors (Lipinski definition) is 4. The van der Waals surface area contributed by atoms with Gasteiger partial charge >= 0.3 is 5.97 Å². The molecule has 33 heavy (non-hydrogen) atoms. The van der Waals surface area contributed by atoms with E-state index in [4.69, 9.17) is 9.72 Å². The number of fused-ring (bicyclic) bond motifs is 1. The minimum absolute atomic E-state index is 0.0419. The molecule has 0 amide bonds. The van der Waals surface area contributed by atoms with Crippen molar-refractivity contribution < 1.29 is 33.8 Å². The number of nitrogens with zero attached hydrogens (tertiary/aromatic N) is 1. The van der Waals surface area contributed by atoms with Crippen molar-refractivity contribution >= 4 is 22.7 Å². The first-order valence-corrected chi connectivity index (χ1v) is 11.1. The van der Waals surface area contributed by atoms with Crippen LogP contribution in [0.1, 0.15) is 37.2 Å². The van der Waals surface area contributed by atoms with E-state index in [2.05, 4.69) is 0 Å². The van der Waals surface area contributed by atoms with Gasteiger partial charge in [-0.15, -0.1) is 0 Å². The van der Waals surface area contributed by atoms with Crippen molar-refractivity contribution in [2.75, 3.05) is 19.8 Å². The third-order valence-corrected chi connectivity index (χ3v) is 6.87. The van der Waals surface area contributed by atoms with Gasteiger partial charge in [0, 0.05) is 35.8 Å². The van der Waals surface area contributed by atoms with Gasteiger partial charge in [0.1, 0.15) is 11.2 Å². The molecule has 1 aromatic heterocycles. The summed E-state index contributed by atoms with van der Waals surface area (Å²) in [6.07, 6.45) is 2.73. The van der Waals surface area contributed by atoms with Crippen molar-refractivity contribution in [1.82, 2.24) is 4.98 Å². The molecular weight excluding hydrogens is 430 g/mol. The highest BCUT2D eigenvalue weighted by Gasteiger charge is 2.52. The van der Waals surface area contributed by atoms with Crippen molar-refractivity contribution in [2.45, 2.75) is 31.6 Å². The average Bonchev–Trinajstić information content (AvgIpc) is 3.60. The Hall–Kier alpha value is -3.10. The third-order valence-electron chi connectivity index (χ3n) is 6.87. The number of ether oxygens (including phenoxy) is 1. The first-order chi connectivity index (χ1) is 15.9. The lowest BCUT2D eigenvalue weighted by atomic mass is 9.84. The van der Waals surface area contributed by atoms with Crippen LogP contribution in [0.5, 0.6) is 5.75 Å². The highest BCUT2D eigenvalue weighted by atomic mass is 19.2. The maximum absolute atomic E-state index is 14.3. The zero-order valence-corrected chi connectivity index (χ0v) is 18.0. The van der Waals surface area contributed by atoms with E-state index in [1.54, 1.807) is 18.2 Å². The monoisotopic (exact) mass is 455 g/mol. The van der Waals surface area contributed by atoms with Crippen LogP contribution in [0.15, 0.2) is 36.4 Å². The number of phenols is 1. The fourth-order valence-corrected chi connectivity index (χ4v) is 4.75. The molecule has 2 fully saturated rings. The lowest BCUT2D eigenvalue weighted by Crippen LogP contribution is -2.81. The van der Waals surface area contributed by atoms with Gasteiger partial charge in [0.25, 0.3) is 0 Å². The topological polar surface area (TPSA) is 96.3 Å². The average molecular weight is 455 g/mol. The van der Waals surface area contributed by atoms with E-state index < -0.39 is 23.0 Å². The molecule has 0 atom stereocenters. The van der Waals surface area contributed by atoms with E-state index in [-0.39, 0.29) is 11.7 Å². The summed E-state index contributed by atoms with van der Waals surface area (Å²) in [7, 11) is 0. The van der Waals surface area contributed by atoms with Crippen LogP contribution >= 0.6 is 0 Å². The van der Waals surface area contributed by atoms with Crippen molar-refractivity contribution in [3.8, 4) is 16.9 Å². The molecule has 1 saturated carbocycles. The lowest BCUT2D eigenvalue weighted by molar-refractivity contribution is -0.582. The molecule has 3 aromatic rings. The predicted molar refractivity (Wildman–Crippen MR) is 117 cm³/mol. The molecule has 6 nitrogen and oxygen atoms in total. The van der Waals surface area contributed by atoms with Gasteiger partial charge in [0.15, 0.2) is 11.6 Å². The molecule has 8 heteroatoms. The molecule has 1 saturated heterocycles. The smallest absolute Gasteiger partial charge is 0.315 e. The summed E-state index contributed by atoms with van der Waals surface area (Å²) < 4.78 is 33.6. The Balaban J connectivity index is 1.73. The van der Waals surface area contributed by atoms with Crippen LogP contribution in [-0.2, 0) is 9.53 Å². The Kier molecular flexibility index (Phi) is 5.50. The minimum atomic E-state index is -0.942. The van der Waals surface area contributed by atoms with Crippen LogP contribution in [0.2, 0.25) is 0 Å². The molecule has 2 aromatic carbocycles. The van der Waals surface area contributed by atoms with Gasteiger partial charge < -0.3 is 14.9 Å². The number of phenolic OH excluding ortho intramolecular Hbond substituents is 1. The second-order valence-corrected chi connectivity index (χ2v) is 9.00. The quantitative estimate of drug-likeness (QED) is 0.525. The molecular formula is C25H25F2N2O4+. The number of halogens is 2. The zero-order valence-electron chi connectivity index (χ0n) is 18.0. The van der Waals surface area contributed by atoms with E-state index in [9.17, 15) is 23.8 Å². The van der Waals surface area contributed by atoms with Gasteiger partial charge in [0.2, 0.25) is 5.82 Å². The maximum Gasteiger partial charge on any atom is 0.315 e. The van der Waals surface area contributed by atoms with Gasteiger partial charge in [-0.2, -0.15) is 4.98 Å². The van der Waals surface area contributed by atoms with Crippen LogP contribution in [0, 0.1) is 17.0 Å². The molecule has 0 unspecified atom stereocenters. The van der Waals surface area contributed by atoms with Gasteiger partial charge in [-0.25, -0.2) is 8.78 Å². The molecule has 4 N–H and O–H groups in total. The van der Waals surface area contributed by atoms with Crippen molar-refractivity contribution in [3.05, 3.63) is 53.6 Å². The van der Waals surface area contributed by atoms with Crippen molar-refractivity contribution in [1.29, 1.82) is 0 Å². The Bertz CT molecular complexity index is 1240. The minimum Gasteiger partial charge on any atom is -0.508 e. The highest BCUT2D eigenvalue weighted by molar-refractivity contribution is 5.98. The first-order valence-electron chi connectivity index (χ1n) is 11.1. The van der Waals surface area contributed by atoms with E-state index in [0.717, 1.165) is 35.4 Å². The second-order valence-electron chi connectivity index (χ2n) is 9.00. The van der Waals surface area contributed by atoms with Crippen LogP contribution in [0.4, 0.5) is 14.6 Å². The van der Waals surface area contributed by atoms with Crippen LogP contribution in [-0.4, -0.2) is 40.9 Å². The fourth-order valence-electron chi connectivity index (χ4n) is 4.75. The molecule has 0 bridgehead atoms. The summed E-state index contributed by atoms with van der Waals surface area (Å²) in [6, 6.07) is 8.66. The molecule has 0 spiro atoms. The summed E-state index contributed by atoms with van der Waals surface area (Å²) in [6.45, 7) is 1.50. The number of rotatable bonds is 6. The zero-order chi connectivity index (χ0) is 23.2. The van der Waals surface area contributed by atoms with Crippen LogP contribution in [0.25, 0.3) is 22.0 Å². The molecule has 172 valence electrons. The van der Waals surface area contributed by atoms with E-state index in [1.807, 2.05) is 5.32 Å². The summed E-state index contributed by atoms with van der Waals surface area (Å²) in [5, 5.41) is 22.3. The summed E-state index contributed by atoms with van der Waals surface area (Å²) in [4.78, 5) is 16.5. The third kappa shape index (κ3) is 4.05. The Labute approximate surface area is 189 Å². The fraction of sp³-hybridized carbons (Fsp3) is 0.360. The highest BCUT2D eigenvalue weighted by Crippen LogP contribution is 2.45. The van der Waals surface area contributed by atoms with Gasteiger partial charge in [-0.1, -0.05) is 6.07 Å². The standard InChI is InChI=1S/C25H24F2N2O4/c26-18-4-1-15(11-19(18)27)21-17-3-2-16(30)12-20(17)29-23(22(21)14-5-9-33-10-6-14)28-13-25(7-8-25)24(31)32/h1-4,11-12,14,30H,5-10,13H2,(H,28,29)(H,31,32)/p+1. The van der Waals surface area contributed by atoms with E-state index >= 15 is 0 Å². The largest absolute Gasteiger partial charge is 0.508 e. The molecule has 1 aliphatic carbocycles. The molecule has 5 rings (SSSR count). The predicted octanol–water partition coefficient (Wildman–Crippen LogP) is 3.84. The molecule has 1 aliphatic heterocycles. The number of aliphatic carboxylic acids is 1. The lowest BCUT2D eigenvalue weighted by Gasteiger charge is -2.26. The Morgan fingerprint density at radius 1 is 1.12 bits per heavy atom. The van der Waals surface area contributed by atoms with Crippen molar-refractivity contribution in [3.63, 3.8) is 0 Å². The number of aromatic nitrogens is 1. The number of pyridine rings is 1. The van der Waals surface area contributed by atoms with Gasteiger partial charge in [-0.05, 0) is 61.4 Å². The van der Waals surface area contributed by atoms with Gasteiger partial charge in [0.05, 0.1) is 12.1 Å². The van der Waals surface area contributed by atoms with Crippen LogP contribution in [0.3, 0.4) is 0 Å². The summed E-state index contributed by atoms with van der Waals surface area (Å²) in [5.74, 6) is -1.94. The summed E-state index contributed by atoms with van der Waals surface area (Å²) in [5.41, 5.74) is 1.89. The van der Waals surface area contributed by atoms with E-state index in [0.29, 0.717) is 49.5 Å². The normalized spacial score (nSPS) is 17.9. The van der Waals surface area contributed by atoms with E-state index in [1.165, 1.54) is 12.1 Å².